The van der Waals surface area contributed by atoms with Crippen molar-refractivity contribution in [2.75, 3.05) is 16.3 Å². The Balaban J connectivity index is 1.26. The number of nitrogens with zero attached hydrogens (tertiary/aromatic N) is 3. The van der Waals surface area contributed by atoms with E-state index in [2.05, 4.69) is 0 Å². The second kappa shape index (κ2) is 9.27. The normalized spacial score (nSPS) is 23.2. The number of hydrogen-bond acceptors (Lipinski definition) is 7. The van der Waals surface area contributed by atoms with Gasteiger partial charge in [-0.25, -0.2) is 4.90 Å². The van der Waals surface area contributed by atoms with Gasteiger partial charge in [-0.1, -0.05) is 11.6 Å². The molecule has 2 saturated heterocycles. The molecule has 190 valence electrons. The lowest BCUT2D eigenvalue weighted by atomic mass is 9.82. The first-order valence-electron chi connectivity index (χ1n) is 12.0. The van der Waals surface area contributed by atoms with Crippen molar-refractivity contribution in [1.29, 1.82) is 0 Å². The van der Waals surface area contributed by atoms with Crippen molar-refractivity contribution in [1.82, 2.24) is 0 Å². The second-order valence-electron chi connectivity index (χ2n) is 9.76. The number of hydrogen-bond donors (Lipinski definition) is 0. The van der Waals surface area contributed by atoms with Gasteiger partial charge in [0.25, 0.3) is 5.69 Å². The van der Waals surface area contributed by atoms with Gasteiger partial charge in [0.05, 0.1) is 28.4 Å². The van der Waals surface area contributed by atoms with Crippen molar-refractivity contribution < 1.29 is 28.8 Å². The van der Waals surface area contributed by atoms with Crippen LogP contribution in [0.3, 0.4) is 0 Å². The summed E-state index contributed by atoms with van der Waals surface area (Å²) < 4.78 is 5.54. The number of aryl methyl sites for hydroxylation is 1. The summed E-state index contributed by atoms with van der Waals surface area (Å²) in [4.78, 5) is 64.4. The molecule has 5 rings (SSSR count). The smallest absolute Gasteiger partial charge is 0.316 e. The number of nitro groups is 1. The summed E-state index contributed by atoms with van der Waals surface area (Å²) in [5.41, 5.74) is 2.58. The minimum atomic E-state index is -0.705. The summed E-state index contributed by atoms with van der Waals surface area (Å²) in [6, 6.07) is 10.3. The largest absolute Gasteiger partial charge is 0.426 e. The highest BCUT2D eigenvalue weighted by molar-refractivity contribution is 6.22. The van der Waals surface area contributed by atoms with Gasteiger partial charge in [0.2, 0.25) is 17.7 Å². The highest BCUT2D eigenvalue weighted by atomic mass is 16.6. The van der Waals surface area contributed by atoms with E-state index >= 15 is 0 Å². The van der Waals surface area contributed by atoms with Crippen molar-refractivity contribution in [2.24, 2.45) is 17.8 Å². The molecule has 1 aliphatic carbocycles. The molecule has 2 aliphatic heterocycles. The number of ether oxygens (including phenoxy) is 1. The van der Waals surface area contributed by atoms with Gasteiger partial charge in [-0.3, -0.25) is 29.3 Å². The molecular weight excluding hydrogens is 478 g/mol. The van der Waals surface area contributed by atoms with Crippen LogP contribution < -0.4 is 14.5 Å². The SMILES string of the molecule is CC1=CC[C@@H]2C(=O)N(c3ccc(OC(=O)[C@@H]4CC(=O)N(c5ccc([N+](=O)[O-])cc5)C4)cc3C)C(=O)[C@H]2C1. The summed E-state index contributed by atoms with van der Waals surface area (Å²) in [5.74, 6) is -2.40. The number of esters is 1. The van der Waals surface area contributed by atoms with Crippen molar-refractivity contribution in [2.45, 2.75) is 33.1 Å². The number of anilines is 2. The van der Waals surface area contributed by atoms with Crippen LogP contribution in [0.25, 0.3) is 0 Å². The van der Waals surface area contributed by atoms with E-state index in [1.54, 1.807) is 19.1 Å². The van der Waals surface area contributed by atoms with Crippen molar-refractivity contribution in [3.63, 3.8) is 0 Å². The summed E-state index contributed by atoms with van der Waals surface area (Å²) in [6.45, 7) is 3.81. The van der Waals surface area contributed by atoms with Crippen LogP contribution in [0.4, 0.5) is 17.1 Å². The quantitative estimate of drug-likeness (QED) is 0.152. The first-order valence-corrected chi connectivity index (χ1v) is 12.0. The van der Waals surface area contributed by atoms with Crippen molar-refractivity contribution >= 4 is 40.8 Å². The molecule has 0 bridgehead atoms. The average molecular weight is 504 g/mol. The molecule has 3 amide bonds. The Morgan fingerprint density at radius 2 is 1.70 bits per heavy atom. The van der Waals surface area contributed by atoms with E-state index in [0.29, 0.717) is 29.8 Å². The molecule has 2 aromatic carbocycles. The molecule has 2 heterocycles. The van der Waals surface area contributed by atoms with Gasteiger partial charge in [0.1, 0.15) is 5.75 Å². The Kier molecular flexibility index (Phi) is 6.10. The first kappa shape index (κ1) is 24.4. The van der Waals surface area contributed by atoms with Crippen molar-refractivity contribution in [3.8, 4) is 5.75 Å². The number of benzene rings is 2. The van der Waals surface area contributed by atoms with Crippen molar-refractivity contribution in [3.05, 3.63) is 69.8 Å². The van der Waals surface area contributed by atoms with Crippen LogP contribution in [0.15, 0.2) is 54.1 Å². The Labute approximate surface area is 212 Å². The topological polar surface area (TPSA) is 127 Å². The predicted molar refractivity (Wildman–Crippen MR) is 133 cm³/mol. The number of rotatable bonds is 5. The van der Waals surface area contributed by atoms with Crippen LogP contribution in [0, 0.1) is 34.8 Å². The zero-order valence-electron chi connectivity index (χ0n) is 20.4. The van der Waals surface area contributed by atoms with Gasteiger partial charge >= 0.3 is 5.97 Å². The lowest BCUT2D eigenvalue weighted by molar-refractivity contribution is -0.384. The predicted octanol–water partition coefficient (Wildman–Crippen LogP) is 3.71. The van der Waals surface area contributed by atoms with E-state index in [1.807, 2.05) is 13.0 Å². The fraction of sp³-hybridized carbons (Fsp3) is 0.333. The molecule has 3 aliphatic rings. The summed E-state index contributed by atoms with van der Waals surface area (Å²) in [6.07, 6.45) is 3.11. The minimum Gasteiger partial charge on any atom is -0.426 e. The second-order valence-corrected chi connectivity index (χ2v) is 9.76. The van der Waals surface area contributed by atoms with E-state index in [4.69, 9.17) is 4.74 Å². The van der Waals surface area contributed by atoms with Crippen LogP contribution >= 0.6 is 0 Å². The maximum absolute atomic E-state index is 13.0. The van der Waals surface area contributed by atoms with Gasteiger partial charge in [0.15, 0.2) is 0 Å². The summed E-state index contributed by atoms with van der Waals surface area (Å²) >= 11 is 0. The molecule has 0 spiro atoms. The highest BCUT2D eigenvalue weighted by Crippen LogP contribution is 2.41. The molecule has 0 unspecified atom stereocenters. The third-order valence-corrected chi connectivity index (χ3v) is 7.28. The number of amides is 3. The lowest BCUT2D eigenvalue weighted by Gasteiger charge is -2.19. The van der Waals surface area contributed by atoms with Crippen LogP contribution in [-0.2, 0) is 19.2 Å². The van der Waals surface area contributed by atoms with Gasteiger partial charge < -0.3 is 9.64 Å². The summed E-state index contributed by atoms with van der Waals surface area (Å²) in [5, 5.41) is 10.9. The fourth-order valence-electron chi connectivity index (χ4n) is 5.29. The number of imide groups is 1. The minimum absolute atomic E-state index is 0.0418. The molecule has 0 aromatic heterocycles. The van der Waals surface area contributed by atoms with Gasteiger partial charge in [-0.2, -0.15) is 0 Å². The van der Waals surface area contributed by atoms with Crippen LogP contribution in [-0.4, -0.2) is 35.2 Å². The third kappa shape index (κ3) is 4.39. The van der Waals surface area contributed by atoms with Gasteiger partial charge in [-0.15, -0.1) is 0 Å². The van der Waals surface area contributed by atoms with E-state index in [-0.39, 0.29) is 54.0 Å². The number of allylic oxidation sites excluding steroid dienone is 2. The molecule has 2 aromatic rings. The Hall–Kier alpha value is -4.34. The van der Waals surface area contributed by atoms with Crippen LogP contribution in [0.1, 0.15) is 31.7 Å². The fourth-order valence-corrected chi connectivity index (χ4v) is 5.29. The lowest BCUT2D eigenvalue weighted by Crippen LogP contribution is -2.31. The molecule has 3 atom stereocenters. The molecule has 10 nitrogen and oxygen atoms in total. The van der Waals surface area contributed by atoms with Crippen LogP contribution in [0.2, 0.25) is 0 Å². The van der Waals surface area contributed by atoms with Crippen LogP contribution in [0.5, 0.6) is 5.75 Å². The molecular formula is C27H25N3O7. The number of non-ortho nitro benzene ring substituents is 1. The van der Waals surface area contributed by atoms with Gasteiger partial charge in [-0.05, 0) is 62.6 Å². The Bertz CT molecular complexity index is 1360. The Morgan fingerprint density at radius 1 is 1.00 bits per heavy atom. The van der Waals surface area contributed by atoms with Gasteiger partial charge in [0, 0.05) is 30.8 Å². The molecule has 37 heavy (non-hydrogen) atoms. The standard InChI is InChI=1S/C27H25N3O7/c1-15-3-9-21-22(11-15)26(33)29(25(21)32)23-10-8-20(12-16(23)2)37-27(34)17-13-24(31)28(14-17)18-4-6-19(7-5-18)30(35)36/h3-8,10,12,17,21-22H,9,11,13-14H2,1-2H3/t17-,21+,22+/m1/s1. The molecule has 0 N–H and O–H groups in total. The maximum atomic E-state index is 13.0. The molecule has 0 saturated carbocycles. The Morgan fingerprint density at radius 3 is 2.38 bits per heavy atom. The summed E-state index contributed by atoms with van der Waals surface area (Å²) in [7, 11) is 0. The first-order chi connectivity index (χ1) is 17.6. The van der Waals surface area contributed by atoms with E-state index < -0.39 is 16.8 Å². The van der Waals surface area contributed by atoms with E-state index in [1.165, 1.54) is 40.1 Å². The number of fused-ring (bicyclic) bond motifs is 1. The molecule has 2 fully saturated rings. The number of carbonyl (C=O) groups is 4. The highest BCUT2D eigenvalue weighted by Gasteiger charge is 2.49. The molecule has 0 radical (unpaired) electrons. The average Bonchev–Trinajstić information content (AvgIpc) is 3.37. The molecule has 10 heteroatoms. The number of carbonyl (C=O) groups excluding carboxylic acids is 4. The maximum Gasteiger partial charge on any atom is 0.316 e. The zero-order valence-corrected chi connectivity index (χ0v) is 20.4. The third-order valence-electron chi connectivity index (χ3n) is 7.28. The number of nitro benzene ring substituents is 1. The van der Waals surface area contributed by atoms with E-state index in [0.717, 1.165) is 5.57 Å². The van der Waals surface area contributed by atoms with E-state index in [9.17, 15) is 29.3 Å². The monoisotopic (exact) mass is 503 g/mol. The zero-order chi connectivity index (χ0) is 26.4.